The number of halogens is 2. The highest BCUT2D eigenvalue weighted by Gasteiger charge is 2.33. The van der Waals surface area contributed by atoms with E-state index in [0.29, 0.717) is 17.3 Å². The lowest BCUT2D eigenvalue weighted by Crippen LogP contribution is -2.50. The average Bonchev–Trinajstić information content (AvgIpc) is 3.13. The van der Waals surface area contributed by atoms with Crippen LogP contribution in [0.3, 0.4) is 0 Å². The van der Waals surface area contributed by atoms with Crippen molar-refractivity contribution in [1.82, 2.24) is 23.8 Å². The summed E-state index contributed by atoms with van der Waals surface area (Å²) in [5.74, 6) is -2.16. The standard InChI is InChI=1S/C19H19F2N5O3S/c1-12-9-13(2)26-18(23-12)15(11-22-26)19(27)24-5-7-25(8-6-24)30(28,29)17-10-14(20)3-4-16(17)21/h3-4,9-11H,5-8H2,1-2H3. The summed E-state index contributed by atoms with van der Waals surface area (Å²) in [6.07, 6.45) is 1.45. The van der Waals surface area contributed by atoms with Crippen LogP contribution in [-0.4, -0.2) is 64.3 Å². The van der Waals surface area contributed by atoms with Crippen molar-refractivity contribution < 1.29 is 22.0 Å². The predicted octanol–water partition coefficient (Wildman–Crippen LogP) is 1.77. The third-order valence-corrected chi connectivity index (χ3v) is 6.96. The first-order chi connectivity index (χ1) is 14.2. The van der Waals surface area contributed by atoms with Gasteiger partial charge in [0.2, 0.25) is 10.0 Å². The minimum Gasteiger partial charge on any atom is -0.336 e. The van der Waals surface area contributed by atoms with Gasteiger partial charge in [-0.1, -0.05) is 0 Å². The fourth-order valence-corrected chi connectivity index (χ4v) is 5.04. The van der Waals surface area contributed by atoms with Crippen molar-refractivity contribution in [2.75, 3.05) is 26.2 Å². The van der Waals surface area contributed by atoms with Crippen LogP contribution < -0.4 is 0 Å². The van der Waals surface area contributed by atoms with Gasteiger partial charge in [-0.05, 0) is 38.1 Å². The summed E-state index contributed by atoms with van der Waals surface area (Å²) in [7, 11) is -4.21. The van der Waals surface area contributed by atoms with Gasteiger partial charge in [0.05, 0.1) is 6.20 Å². The molecule has 0 aliphatic carbocycles. The molecule has 0 radical (unpaired) electrons. The van der Waals surface area contributed by atoms with Crippen LogP contribution >= 0.6 is 0 Å². The van der Waals surface area contributed by atoms with Crippen LogP contribution in [-0.2, 0) is 10.0 Å². The van der Waals surface area contributed by atoms with E-state index < -0.39 is 26.6 Å². The van der Waals surface area contributed by atoms with Gasteiger partial charge in [-0.15, -0.1) is 0 Å². The Bertz CT molecular complexity index is 1250. The first kappa shape index (κ1) is 20.4. The van der Waals surface area contributed by atoms with Crippen molar-refractivity contribution in [3.05, 3.63) is 59.0 Å². The minimum atomic E-state index is -4.21. The summed E-state index contributed by atoms with van der Waals surface area (Å²) in [5, 5.41) is 4.21. The summed E-state index contributed by atoms with van der Waals surface area (Å²) >= 11 is 0. The smallest absolute Gasteiger partial charge is 0.259 e. The van der Waals surface area contributed by atoms with Crippen molar-refractivity contribution in [2.24, 2.45) is 0 Å². The van der Waals surface area contributed by atoms with Crippen LogP contribution in [0.2, 0.25) is 0 Å². The Morgan fingerprint density at radius 1 is 1.07 bits per heavy atom. The molecular weight excluding hydrogens is 416 g/mol. The molecule has 1 aliphatic rings. The molecule has 30 heavy (non-hydrogen) atoms. The van der Waals surface area contributed by atoms with Crippen LogP contribution in [0, 0.1) is 25.5 Å². The minimum absolute atomic E-state index is 0.0330. The number of amides is 1. The molecule has 0 N–H and O–H groups in total. The van der Waals surface area contributed by atoms with E-state index >= 15 is 0 Å². The Morgan fingerprint density at radius 2 is 1.77 bits per heavy atom. The lowest BCUT2D eigenvalue weighted by Gasteiger charge is -2.33. The molecule has 11 heteroatoms. The molecule has 8 nitrogen and oxygen atoms in total. The zero-order valence-corrected chi connectivity index (χ0v) is 17.2. The lowest BCUT2D eigenvalue weighted by atomic mass is 10.2. The van der Waals surface area contributed by atoms with Gasteiger partial charge in [-0.3, -0.25) is 4.79 Å². The Kier molecular flexibility index (Phi) is 5.02. The number of hydrogen-bond donors (Lipinski definition) is 0. The van der Waals surface area contributed by atoms with Crippen molar-refractivity contribution in [3.63, 3.8) is 0 Å². The number of aromatic nitrogens is 3. The summed E-state index contributed by atoms with van der Waals surface area (Å²) in [6.45, 7) is 3.83. The Labute approximate surface area is 171 Å². The molecule has 1 aromatic carbocycles. The van der Waals surface area contributed by atoms with Crippen LogP contribution in [0.25, 0.3) is 5.65 Å². The first-order valence-electron chi connectivity index (χ1n) is 9.25. The average molecular weight is 435 g/mol. The molecule has 1 amide bonds. The number of carbonyl (C=O) groups is 1. The molecule has 2 aromatic heterocycles. The van der Waals surface area contributed by atoms with Gasteiger partial charge < -0.3 is 4.90 Å². The van der Waals surface area contributed by atoms with E-state index in [-0.39, 0.29) is 32.1 Å². The van der Waals surface area contributed by atoms with Crippen molar-refractivity contribution in [2.45, 2.75) is 18.7 Å². The summed E-state index contributed by atoms with van der Waals surface area (Å²) in [4.78, 5) is 18.2. The predicted molar refractivity (Wildman–Crippen MR) is 103 cm³/mol. The molecule has 3 heterocycles. The molecule has 3 aromatic rings. The summed E-state index contributed by atoms with van der Waals surface area (Å²) < 4.78 is 55.5. The van der Waals surface area contributed by atoms with Crippen molar-refractivity contribution in [3.8, 4) is 0 Å². The number of rotatable bonds is 3. The van der Waals surface area contributed by atoms with Crippen molar-refractivity contribution in [1.29, 1.82) is 0 Å². The summed E-state index contributed by atoms with van der Waals surface area (Å²) in [5.41, 5.74) is 2.36. The van der Waals surface area contributed by atoms with E-state index in [1.807, 2.05) is 19.9 Å². The van der Waals surface area contributed by atoms with E-state index in [9.17, 15) is 22.0 Å². The van der Waals surface area contributed by atoms with E-state index in [1.165, 1.54) is 11.1 Å². The van der Waals surface area contributed by atoms with E-state index in [2.05, 4.69) is 10.1 Å². The van der Waals surface area contributed by atoms with E-state index in [1.54, 1.807) is 4.52 Å². The zero-order valence-electron chi connectivity index (χ0n) is 16.3. The number of sulfonamides is 1. The number of fused-ring (bicyclic) bond motifs is 1. The lowest BCUT2D eigenvalue weighted by molar-refractivity contribution is 0.0699. The highest BCUT2D eigenvalue weighted by Crippen LogP contribution is 2.23. The largest absolute Gasteiger partial charge is 0.336 e. The van der Waals surface area contributed by atoms with Gasteiger partial charge in [0.25, 0.3) is 5.91 Å². The number of hydrogen-bond acceptors (Lipinski definition) is 5. The first-order valence-corrected chi connectivity index (χ1v) is 10.7. The third-order valence-electron chi connectivity index (χ3n) is 5.05. The third kappa shape index (κ3) is 3.43. The van der Waals surface area contributed by atoms with Gasteiger partial charge >= 0.3 is 0 Å². The van der Waals surface area contributed by atoms with Gasteiger partial charge in [-0.25, -0.2) is 26.7 Å². The fourth-order valence-electron chi connectivity index (χ4n) is 3.54. The van der Waals surface area contributed by atoms with E-state index in [4.69, 9.17) is 0 Å². The second kappa shape index (κ2) is 7.40. The molecule has 1 aliphatic heterocycles. The number of carbonyl (C=O) groups excluding carboxylic acids is 1. The second-order valence-electron chi connectivity index (χ2n) is 7.10. The highest BCUT2D eigenvalue weighted by atomic mass is 32.2. The summed E-state index contributed by atoms with van der Waals surface area (Å²) in [6, 6.07) is 4.16. The van der Waals surface area contributed by atoms with Crippen LogP contribution in [0.4, 0.5) is 8.78 Å². The fraction of sp³-hybridized carbons (Fsp3) is 0.316. The maximum absolute atomic E-state index is 14.0. The Hall–Kier alpha value is -2.92. The SMILES string of the molecule is Cc1cc(C)n2ncc(C(=O)N3CCN(S(=O)(=O)c4cc(F)ccc4F)CC3)c2n1. The molecule has 0 atom stereocenters. The molecule has 4 rings (SSSR count). The number of benzene rings is 1. The normalized spacial score (nSPS) is 15.7. The molecule has 0 bridgehead atoms. The molecule has 1 saturated heterocycles. The maximum Gasteiger partial charge on any atom is 0.259 e. The van der Waals surface area contributed by atoms with Gasteiger partial charge in [0.1, 0.15) is 22.1 Å². The van der Waals surface area contributed by atoms with Gasteiger partial charge in [-0.2, -0.15) is 9.40 Å². The van der Waals surface area contributed by atoms with Crippen LogP contribution in [0.15, 0.2) is 35.4 Å². The monoisotopic (exact) mass is 435 g/mol. The topological polar surface area (TPSA) is 87.9 Å². The second-order valence-corrected chi connectivity index (χ2v) is 9.01. The molecule has 0 spiro atoms. The zero-order chi connectivity index (χ0) is 21.6. The van der Waals surface area contributed by atoms with Crippen LogP contribution in [0.1, 0.15) is 21.7 Å². The quantitative estimate of drug-likeness (QED) is 0.626. The van der Waals surface area contributed by atoms with Crippen molar-refractivity contribution >= 4 is 21.6 Å². The Balaban J connectivity index is 1.54. The van der Waals surface area contributed by atoms with Gasteiger partial charge in [0, 0.05) is 37.6 Å². The molecule has 0 unspecified atom stereocenters. The number of aryl methyl sites for hydroxylation is 2. The molecular formula is C19H19F2N5O3S. The number of piperazine rings is 1. The number of nitrogens with zero attached hydrogens (tertiary/aromatic N) is 5. The highest BCUT2D eigenvalue weighted by molar-refractivity contribution is 7.89. The maximum atomic E-state index is 14.0. The van der Waals surface area contributed by atoms with E-state index in [0.717, 1.165) is 27.8 Å². The molecule has 1 fully saturated rings. The molecule has 0 saturated carbocycles. The Morgan fingerprint density at radius 3 is 2.47 bits per heavy atom. The molecule has 158 valence electrons. The van der Waals surface area contributed by atoms with Crippen LogP contribution in [0.5, 0.6) is 0 Å². The van der Waals surface area contributed by atoms with Gasteiger partial charge in [0.15, 0.2) is 5.65 Å².